The van der Waals surface area contributed by atoms with Gasteiger partial charge in [0.1, 0.15) is 5.82 Å². The summed E-state index contributed by atoms with van der Waals surface area (Å²) in [4.78, 5) is 27.2. The lowest BCUT2D eigenvalue weighted by Crippen LogP contribution is -2.43. The Kier molecular flexibility index (Phi) is 5.89. The Morgan fingerprint density at radius 2 is 1.93 bits per heavy atom. The number of rotatable bonds is 4. The zero-order chi connectivity index (χ0) is 19.4. The number of piperidine rings is 1. The number of hydrogen-bond donors (Lipinski definition) is 1. The summed E-state index contributed by atoms with van der Waals surface area (Å²) < 4.78 is 13.1. The van der Waals surface area contributed by atoms with Crippen molar-refractivity contribution in [1.82, 2.24) is 4.90 Å². The highest BCUT2D eigenvalue weighted by molar-refractivity contribution is 5.97. The molecular weight excluding hydrogens is 343 g/mol. The summed E-state index contributed by atoms with van der Waals surface area (Å²) in [5.41, 5.74) is 3.48. The molecule has 2 aromatic carbocycles. The summed E-state index contributed by atoms with van der Waals surface area (Å²) in [6, 6.07) is 11.5. The molecule has 1 fully saturated rings. The summed E-state index contributed by atoms with van der Waals surface area (Å²) in [5.74, 6) is -0.812. The number of anilines is 1. The van der Waals surface area contributed by atoms with E-state index in [9.17, 15) is 14.0 Å². The van der Waals surface area contributed by atoms with E-state index in [-0.39, 0.29) is 23.5 Å². The third kappa shape index (κ3) is 4.35. The van der Waals surface area contributed by atoms with Crippen molar-refractivity contribution in [3.8, 4) is 0 Å². The van der Waals surface area contributed by atoms with Gasteiger partial charge < -0.3 is 10.2 Å². The Labute approximate surface area is 159 Å². The minimum atomic E-state index is -0.368. The fraction of sp³-hybridized carbons (Fsp3) is 0.364. The highest BCUT2D eigenvalue weighted by Crippen LogP contribution is 2.25. The van der Waals surface area contributed by atoms with Gasteiger partial charge in [-0.25, -0.2) is 4.39 Å². The molecule has 0 radical (unpaired) electrons. The molecule has 0 aromatic heterocycles. The summed E-state index contributed by atoms with van der Waals surface area (Å²) in [6.07, 6.45) is 2.38. The van der Waals surface area contributed by atoms with Crippen LogP contribution in [0, 0.1) is 18.7 Å². The molecule has 2 amide bonds. The molecule has 1 atom stereocenters. The molecule has 0 saturated carbocycles. The highest BCUT2D eigenvalue weighted by Gasteiger charge is 2.29. The standard InChI is InChI=1S/C22H25FN2O2/c1-3-16-7-4-6-15(2)20(16)24-21(26)18-8-5-13-25(14-18)22(27)17-9-11-19(23)12-10-17/h4,6-7,9-12,18H,3,5,8,13-14H2,1-2H3,(H,24,26). The Morgan fingerprint density at radius 3 is 2.63 bits per heavy atom. The molecule has 1 saturated heterocycles. The van der Waals surface area contributed by atoms with Gasteiger partial charge in [0.2, 0.25) is 5.91 Å². The SMILES string of the molecule is CCc1cccc(C)c1NC(=O)C1CCCN(C(=O)c2ccc(F)cc2)C1. The fourth-order valence-electron chi connectivity index (χ4n) is 3.58. The monoisotopic (exact) mass is 368 g/mol. The normalized spacial score (nSPS) is 16.9. The highest BCUT2D eigenvalue weighted by atomic mass is 19.1. The van der Waals surface area contributed by atoms with Gasteiger partial charge in [0.05, 0.1) is 5.92 Å². The molecular formula is C22H25FN2O2. The maximum Gasteiger partial charge on any atom is 0.253 e. The number of hydrogen-bond acceptors (Lipinski definition) is 2. The second-order valence-corrected chi connectivity index (χ2v) is 7.05. The van der Waals surface area contributed by atoms with Crippen LogP contribution in [0.1, 0.15) is 41.3 Å². The van der Waals surface area contributed by atoms with Crippen LogP contribution in [0.25, 0.3) is 0 Å². The van der Waals surface area contributed by atoms with Crippen molar-refractivity contribution in [1.29, 1.82) is 0 Å². The van der Waals surface area contributed by atoms with Crippen molar-refractivity contribution in [3.63, 3.8) is 0 Å². The summed E-state index contributed by atoms with van der Waals surface area (Å²) in [5, 5.41) is 3.08. The van der Waals surface area contributed by atoms with Gasteiger partial charge in [-0.3, -0.25) is 9.59 Å². The summed E-state index contributed by atoms with van der Waals surface area (Å²) >= 11 is 0. The van der Waals surface area contributed by atoms with Crippen molar-refractivity contribution < 1.29 is 14.0 Å². The molecule has 5 heteroatoms. The first-order valence-corrected chi connectivity index (χ1v) is 9.43. The molecule has 1 unspecified atom stereocenters. The van der Waals surface area contributed by atoms with E-state index in [0.717, 1.165) is 36.1 Å². The smallest absolute Gasteiger partial charge is 0.253 e. The van der Waals surface area contributed by atoms with Crippen molar-refractivity contribution >= 4 is 17.5 Å². The predicted octanol–water partition coefficient (Wildman–Crippen LogP) is 4.19. The number of para-hydroxylation sites is 1. The van der Waals surface area contributed by atoms with E-state index >= 15 is 0 Å². The van der Waals surface area contributed by atoms with Crippen LogP contribution in [0.2, 0.25) is 0 Å². The fourth-order valence-corrected chi connectivity index (χ4v) is 3.58. The zero-order valence-corrected chi connectivity index (χ0v) is 15.8. The number of nitrogens with one attached hydrogen (secondary N) is 1. The quantitative estimate of drug-likeness (QED) is 0.880. The van der Waals surface area contributed by atoms with Crippen LogP contribution < -0.4 is 5.32 Å². The lowest BCUT2D eigenvalue weighted by atomic mass is 9.95. The van der Waals surface area contributed by atoms with Crippen LogP contribution in [0.5, 0.6) is 0 Å². The number of carbonyl (C=O) groups excluding carboxylic acids is 2. The molecule has 3 rings (SSSR count). The molecule has 142 valence electrons. The van der Waals surface area contributed by atoms with Crippen molar-refractivity contribution in [2.24, 2.45) is 5.92 Å². The van der Waals surface area contributed by atoms with E-state index in [1.54, 1.807) is 4.90 Å². The number of benzene rings is 2. The topological polar surface area (TPSA) is 49.4 Å². The third-order valence-corrected chi connectivity index (χ3v) is 5.16. The van der Waals surface area contributed by atoms with Gasteiger partial charge in [-0.05, 0) is 61.6 Å². The van der Waals surface area contributed by atoms with Gasteiger partial charge in [0.15, 0.2) is 0 Å². The molecule has 27 heavy (non-hydrogen) atoms. The maximum atomic E-state index is 13.1. The Balaban J connectivity index is 1.70. The number of halogens is 1. The molecule has 1 heterocycles. The molecule has 0 aliphatic carbocycles. The van der Waals surface area contributed by atoms with E-state index in [2.05, 4.69) is 12.2 Å². The Bertz CT molecular complexity index is 833. The zero-order valence-electron chi connectivity index (χ0n) is 15.8. The number of nitrogens with zero attached hydrogens (tertiary/aromatic N) is 1. The van der Waals surface area contributed by atoms with Gasteiger partial charge in [-0.15, -0.1) is 0 Å². The first kappa shape index (κ1) is 19.1. The van der Waals surface area contributed by atoms with Crippen molar-refractivity contribution in [3.05, 3.63) is 65.0 Å². The largest absolute Gasteiger partial charge is 0.338 e. The summed E-state index contributed by atoms with van der Waals surface area (Å²) in [7, 11) is 0. The number of aryl methyl sites for hydroxylation is 2. The van der Waals surface area contributed by atoms with E-state index in [4.69, 9.17) is 0 Å². The minimum Gasteiger partial charge on any atom is -0.338 e. The molecule has 0 bridgehead atoms. The average Bonchev–Trinajstić information content (AvgIpc) is 2.69. The Hall–Kier alpha value is -2.69. The maximum absolute atomic E-state index is 13.1. The predicted molar refractivity (Wildman–Crippen MR) is 104 cm³/mol. The minimum absolute atomic E-state index is 0.0457. The van der Waals surface area contributed by atoms with E-state index in [0.29, 0.717) is 18.7 Å². The van der Waals surface area contributed by atoms with Crippen LogP contribution in [0.15, 0.2) is 42.5 Å². The van der Waals surface area contributed by atoms with Crippen LogP contribution in [-0.2, 0) is 11.2 Å². The molecule has 0 spiro atoms. The van der Waals surface area contributed by atoms with Gasteiger partial charge in [-0.1, -0.05) is 25.1 Å². The van der Waals surface area contributed by atoms with Gasteiger partial charge in [0.25, 0.3) is 5.91 Å². The molecule has 2 aromatic rings. The first-order chi connectivity index (χ1) is 13.0. The number of amides is 2. The van der Waals surface area contributed by atoms with E-state index in [1.807, 2.05) is 25.1 Å². The van der Waals surface area contributed by atoms with E-state index < -0.39 is 0 Å². The van der Waals surface area contributed by atoms with Crippen molar-refractivity contribution in [2.75, 3.05) is 18.4 Å². The molecule has 4 nitrogen and oxygen atoms in total. The van der Waals surface area contributed by atoms with Crippen LogP contribution in [0.3, 0.4) is 0 Å². The number of carbonyl (C=O) groups is 2. The summed E-state index contributed by atoms with van der Waals surface area (Å²) in [6.45, 7) is 5.05. The Morgan fingerprint density at radius 1 is 1.19 bits per heavy atom. The van der Waals surface area contributed by atoms with Crippen LogP contribution in [-0.4, -0.2) is 29.8 Å². The molecule has 1 aliphatic rings. The number of likely N-dealkylation sites (tertiary alicyclic amines) is 1. The molecule has 1 N–H and O–H groups in total. The second kappa shape index (κ2) is 8.33. The lowest BCUT2D eigenvalue weighted by molar-refractivity contribution is -0.121. The van der Waals surface area contributed by atoms with E-state index in [1.165, 1.54) is 24.3 Å². The lowest BCUT2D eigenvalue weighted by Gasteiger charge is -2.32. The van der Waals surface area contributed by atoms with Gasteiger partial charge >= 0.3 is 0 Å². The van der Waals surface area contributed by atoms with Gasteiger partial charge in [0, 0.05) is 24.3 Å². The molecule has 1 aliphatic heterocycles. The van der Waals surface area contributed by atoms with Crippen molar-refractivity contribution in [2.45, 2.75) is 33.1 Å². The third-order valence-electron chi connectivity index (χ3n) is 5.16. The van der Waals surface area contributed by atoms with Gasteiger partial charge in [-0.2, -0.15) is 0 Å². The first-order valence-electron chi connectivity index (χ1n) is 9.43. The second-order valence-electron chi connectivity index (χ2n) is 7.05. The average molecular weight is 368 g/mol. The van der Waals surface area contributed by atoms with Crippen LogP contribution >= 0.6 is 0 Å². The van der Waals surface area contributed by atoms with Crippen LogP contribution in [0.4, 0.5) is 10.1 Å².